The predicted molar refractivity (Wildman–Crippen MR) is 160 cm³/mol. The monoisotopic (exact) mass is 606 g/mol. The second-order valence-electron chi connectivity index (χ2n) is 9.40. The van der Waals surface area contributed by atoms with Crippen molar-refractivity contribution in [3.8, 4) is 33.8 Å². The Balaban J connectivity index is 1.60. The van der Waals surface area contributed by atoms with Gasteiger partial charge in [0.05, 0.1) is 28.3 Å². The number of aromatic nitrogens is 2. The van der Waals surface area contributed by atoms with Crippen LogP contribution in [0.15, 0.2) is 96.0 Å². The molecule has 208 valence electrons. The molecule has 0 bridgehead atoms. The first-order valence-corrected chi connectivity index (χ1v) is 15.0. The van der Waals surface area contributed by atoms with Crippen LogP contribution in [0.3, 0.4) is 0 Å². The number of esters is 1. The van der Waals surface area contributed by atoms with Crippen molar-refractivity contribution in [2.45, 2.75) is 11.3 Å². The highest BCUT2D eigenvalue weighted by Crippen LogP contribution is 2.32. The van der Waals surface area contributed by atoms with Crippen LogP contribution in [0.1, 0.15) is 21.7 Å². The minimum absolute atomic E-state index is 0.0727. The molecule has 0 saturated carbocycles. The number of benzene rings is 4. The van der Waals surface area contributed by atoms with Crippen molar-refractivity contribution in [1.29, 1.82) is 0 Å². The molecule has 1 heterocycles. The maximum atomic E-state index is 12.6. The number of ether oxygens (including phenoxy) is 1. The molecule has 0 atom stereocenters. The zero-order valence-corrected chi connectivity index (χ0v) is 24.3. The molecular weight excluding hydrogens is 583 g/mol. The first kappa shape index (κ1) is 28.4. The van der Waals surface area contributed by atoms with Crippen molar-refractivity contribution in [3.63, 3.8) is 0 Å². The van der Waals surface area contributed by atoms with E-state index in [4.69, 9.17) is 32.9 Å². The molecule has 10 heteroatoms. The van der Waals surface area contributed by atoms with Gasteiger partial charge >= 0.3 is 5.97 Å². The summed E-state index contributed by atoms with van der Waals surface area (Å²) < 4.78 is 31.4. The van der Waals surface area contributed by atoms with E-state index in [1.165, 1.54) is 19.2 Å². The van der Waals surface area contributed by atoms with Gasteiger partial charge in [-0.15, -0.1) is 0 Å². The number of carbonyl (C=O) groups excluding carboxylic acids is 1. The number of methoxy groups -OCH3 is 1. The molecule has 0 aliphatic carbocycles. The molecule has 0 unspecified atom stereocenters. The van der Waals surface area contributed by atoms with Crippen LogP contribution < -0.4 is 0 Å². The van der Waals surface area contributed by atoms with Gasteiger partial charge in [-0.3, -0.25) is 0 Å². The number of aromatic hydroxyl groups is 1. The third-order valence-corrected chi connectivity index (χ3v) is 8.25. The molecule has 1 aromatic heterocycles. The van der Waals surface area contributed by atoms with Crippen molar-refractivity contribution in [3.05, 3.63) is 118 Å². The highest BCUT2D eigenvalue weighted by atomic mass is 35.5. The lowest BCUT2D eigenvalue weighted by Gasteiger charge is -2.12. The van der Waals surface area contributed by atoms with E-state index >= 15 is 0 Å². The van der Waals surface area contributed by atoms with E-state index in [-0.39, 0.29) is 16.2 Å². The van der Waals surface area contributed by atoms with Crippen LogP contribution >= 0.6 is 23.2 Å². The molecule has 1 N–H and O–H groups in total. The summed E-state index contributed by atoms with van der Waals surface area (Å²) in [6, 6.07) is 24.6. The number of nitrogens with zero attached hydrogens (tertiary/aromatic N) is 2. The molecule has 0 amide bonds. The van der Waals surface area contributed by atoms with E-state index in [1.807, 2.05) is 36.4 Å². The van der Waals surface area contributed by atoms with Crippen LogP contribution in [-0.2, 0) is 21.0 Å². The Kier molecular flexibility index (Phi) is 7.91. The summed E-state index contributed by atoms with van der Waals surface area (Å²) in [5, 5.41) is 10.5. The molecular formula is C31H24Cl2N2O5S. The third-order valence-electron chi connectivity index (χ3n) is 6.55. The van der Waals surface area contributed by atoms with Crippen molar-refractivity contribution in [2.24, 2.45) is 0 Å². The lowest BCUT2D eigenvalue weighted by atomic mass is 10.0. The number of sulfone groups is 1. The predicted octanol–water partition coefficient (Wildman–Crippen LogP) is 7.00. The maximum absolute atomic E-state index is 12.6. The van der Waals surface area contributed by atoms with Gasteiger partial charge in [-0.25, -0.2) is 18.2 Å². The van der Waals surface area contributed by atoms with Crippen molar-refractivity contribution < 1.29 is 23.1 Å². The summed E-state index contributed by atoms with van der Waals surface area (Å²) >= 11 is 12.6. The summed E-state index contributed by atoms with van der Waals surface area (Å²) in [7, 11) is -2.49. The zero-order valence-electron chi connectivity index (χ0n) is 22.0. The average molecular weight is 608 g/mol. The molecule has 5 aromatic rings. The third kappa shape index (κ3) is 6.15. The number of phenols is 1. The van der Waals surface area contributed by atoms with Crippen LogP contribution in [-0.4, -0.2) is 42.4 Å². The molecule has 0 aliphatic rings. The Morgan fingerprint density at radius 2 is 1.59 bits per heavy atom. The fraction of sp³-hybridized carbons (Fsp3) is 0.0968. The topological polar surface area (TPSA) is 98.5 Å². The Labute approximate surface area is 247 Å². The number of phenolic OH excluding ortho intramolecular Hbond substituents is 1. The van der Waals surface area contributed by atoms with Crippen molar-refractivity contribution in [2.75, 3.05) is 13.4 Å². The first-order chi connectivity index (χ1) is 19.5. The number of hydrogen-bond donors (Lipinski definition) is 1. The lowest BCUT2D eigenvalue weighted by molar-refractivity contribution is 0.0596. The molecule has 4 aromatic carbocycles. The minimum atomic E-state index is -3.69. The molecule has 0 spiro atoms. The summed E-state index contributed by atoms with van der Waals surface area (Å²) in [6.07, 6.45) is 3.24. The fourth-order valence-corrected chi connectivity index (χ4v) is 5.87. The first-order valence-electron chi connectivity index (χ1n) is 12.4. The highest BCUT2D eigenvalue weighted by Gasteiger charge is 2.22. The molecule has 0 fully saturated rings. The van der Waals surface area contributed by atoms with Gasteiger partial charge in [0, 0.05) is 35.1 Å². The van der Waals surface area contributed by atoms with Gasteiger partial charge in [-0.05, 0) is 65.2 Å². The van der Waals surface area contributed by atoms with Crippen LogP contribution in [0.25, 0.3) is 28.1 Å². The van der Waals surface area contributed by atoms with E-state index < -0.39 is 15.8 Å². The summed E-state index contributed by atoms with van der Waals surface area (Å²) in [5.74, 6) is 0.0692. The van der Waals surface area contributed by atoms with Gasteiger partial charge in [-0.2, -0.15) is 0 Å². The lowest BCUT2D eigenvalue weighted by Crippen LogP contribution is -2.11. The van der Waals surface area contributed by atoms with E-state index in [0.717, 1.165) is 22.9 Å². The Hall–Kier alpha value is -4.11. The molecule has 0 radical (unpaired) electrons. The van der Waals surface area contributed by atoms with Gasteiger partial charge in [0.15, 0.2) is 9.84 Å². The maximum Gasteiger partial charge on any atom is 0.339 e. The normalized spacial score (nSPS) is 11.4. The smallest absolute Gasteiger partial charge is 0.339 e. The fourth-order valence-electron chi connectivity index (χ4n) is 4.51. The highest BCUT2D eigenvalue weighted by molar-refractivity contribution is 7.90. The molecule has 5 rings (SSSR count). The largest absolute Gasteiger partial charge is 0.508 e. The summed E-state index contributed by atoms with van der Waals surface area (Å²) in [6.45, 7) is 0. The molecule has 0 aliphatic heterocycles. The minimum Gasteiger partial charge on any atom is -0.508 e. The van der Waals surface area contributed by atoms with E-state index in [2.05, 4.69) is 0 Å². The van der Waals surface area contributed by atoms with Crippen LogP contribution in [0.5, 0.6) is 5.75 Å². The van der Waals surface area contributed by atoms with Crippen molar-refractivity contribution in [1.82, 2.24) is 9.55 Å². The average Bonchev–Trinajstić information content (AvgIpc) is 3.36. The Morgan fingerprint density at radius 3 is 2.20 bits per heavy atom. The number of halogens is 2. The van der Waals surface area contributed by atoms with Gasteiger partial charge in [0.2, 0.25) is 0 Å². The number of rotatable bonds is 7. The second kappa shape index (κ2) is 11.4. The number of imidazole rings is 1. The number of hydrogen-bond acceptors (Lipinski definition) is 6. The van der Waals surface area contributed by atoms with Gasteiger partial charge < -0.3 is 14.4 Å². The number of carbonyl (C=O) groups is 1. The van der Waals surface area contributed by atoms with E-state index in [1.54, 1.807) is 47.2 Å². The standard InChI is InChI=1S/C31H24Cl2N2O5S/c1-40-31(37)26-17-23(10-14-29(26)41(2,38)39)35-18-28(25-13-9-22(32)16-27(25)33)34-30(35)15-19-3-5-20(6-4-19)21-7-11-24(36)12-8-21/h3-14,16-18,36H,15H2,1-2H3. The quantitative estimate of drug-likeness (QED) is 0.200. The van der Waals surface area contributed by atoms with Crippen LogP contribution in [0.4, 0.5) is 0 Å². The van der Waals surface area contributed by atoms with Crippen LogP contribution in [0, 0.1) is 0 Å². The van der Waals surface area contributed by atoms with Crippen molar-refractivity contribution >= 4 is 39.0 Å². The second-order valence-corrected chi connectivity index (χ2v) is 12.2. The van der Waals surface area contributed by atoms with E-state index in [0.29, 0.717) is 39.2 Å². The summed E-state index contributed by atoms with van der Waals surface area (Å²) in [5.41, 5.74) is 4.62. The molecule has 41 heavy (non-hydrogen) atoms. The Bertz CT molecular complexity index is 1870. The van der Waals surface area contributed by atoms with E-state index in [9.17, 15) is 18.3 Å². The SMILES string of the molecule is COC(=O)c1cc(-n2cc(-c3ccc(Cl)cc3Cl)nc2Cc2ccc(-c3ccc(O)cc3)cc2)ccc1S(C)(=O)=O. The van der Waals surface area contributed by atoms with Crippen LogP contribution in [0.2, 0.25) is 10.0 Å². The van der Waals surface area contributed by atoms with Gasteiger partial charge in [0.1, 0.15) is 11.6 Å². The van der Waals surface area contributed by atoms with Gasteiger partial charge in [0.25, 0.3) is 0 Å². The zero-order chi connectivity index (χ0) is 29.3. The summed E-state index contributed by atoms with van der Waals surface area (Å²) in [4.78, 5) is 17.3. The molecule has 0 saturated heterocycles. The molecule has 7 nitrogen and oxygen atoms in total. The van der Waals surface area contributed by atoms with Gasteiger partial charge in [-0.1, -0.05) is 59.6 Å². The Morgan fingerprint density at radius 1 is 0.927 bits per heavy atom.